The Bertz CT molecular complexity index is 476. The average molecular weight is 266 g/mol. The van der Waals surface area contributed by atoms with Gasteiger partial charge in [0.2, 0.25) is 0 Å². The lowest BCUT2D eigenvalue weighted by Gasteiger charge is -2.13. The molecule has 0 saturated heterocycles. The quantitative estimate of drug-likeness (QED) is 0.905. The molecule has 1 rings (SSSR count). The molecule has 0 fully saturated rings. The average Bonchev–Trinajstić information content (AvgIpc) is 2.17. The molecule has 6 heteroatoms. The predicted molar refractivity (Wildman–Crippen MR) is 62.7 cm³/mol. The second-order valence-corrected chi connectivity index (χ2v) is 6.31. The van der Waals surface area contributed by atoms with Gasteiger partial charge in [0.25, 0.3) is 0 Å². The van der Waals surface area contributed by atoms with Gasteiger partial charge in [0.15, 0.2) is 0 Å². The normalized spacial score (nSPS) is 13.8. The molecule has 90 valence electrons. The maximum atomic E-state index is 13.1. The summed E-state index contributed by atoms with van der Waals surface area (Å²) in [5.74, 6) is -0.588. The van der Waals surface area contributed by atoms with Gasteiger partial charge in [0.05, 0.1) is 10.8 Å². The van der Waals surface area contributed by atoms with Gasteiger partial charge in [-0.2, -0.15) is 0 Å². The van der Waals surface area contributed by atoms with Gasteiger partial charge in [-0.3, -0.25) is 0 Å². The Balaban J connectivity index is 2.81. The first-order valence-corrected chi connectivity index (χ1v) is 7.12. The van der Waals surface area contributed by atoms with Crippen LogP contribution < -0.4 is 5.73 Å². The summed E-state index contributed by atoms with van der Waals surface area (Å²) in [6.07, 6.45) is 1.36. The zero-order valence-corrected chi connectivity index (χ0v) is 10.4. The van der Waals surface area contributed by atoms with Crippen molar-refractivity contribution < 1.29 is 12.8 Å². The number of benzene rings is 1. The Morgan fingerprint density at radius 2 is 2.12 bits per heavy atom. The molecule has 0 aliphatic heterocycles. The van der Waals surface area contributed by atoms with Gasteiger partial charge in [-0.05, 0) is 18.1 Å². The van der Waals surface area contributed by atoms with Crippen molar-refractivity contribution in [1.82, 2.24) is 0 Å². The van der Waals surface area contributed by atoms with Crippen LogP contribution in [0.3, 0.4) is 0 Å². The summed E-state index contributed by atoms with van der Waals surface area (Å²) in [5, 5.41) is -0.0384. The van der Waals surface area contributed by atoms with E-state index >= 15 is 0 Å². The van der Waals surface area contributed by atoms with E-state index in [9.17, 15) is 12.8 Å². The minimum Gasteiger partial charge on any atom is -0.324 e. The van der Waals surface area contributed by atoms with Crippen LogP contribution >= 0.6 is 11.6 Å². The molecular formula is C10H13ClFNO2S. The highest BCUT2D eigenvalue weighted by Crippen LogP contribution is 2.26. The van der Waals surface area contributed by atoms with Crippen molar-refractivity contribution in [3.63, 3.8) is 0 Å². The highest BCUT2D eigenvalue weighted by atomic mass is 35.5. The first-order chi connectivity index (χ1) is 7.31. The Hall–Kier alpha value is -0.650. The van der Waals surface area contributed by atoms with E-state index in [1.165, 1.54) is 12.1 Å². The molecule has 0 aliphatic rings. The summed E-state index contributed by atoms with van der Waals surface area (Å²) in [5.41, 5.74) is 6.19. The van der Waals surface area contributed by atoms with Crippen LogP contribution in [0.25, 0.3) is 0 Å². The van der Waals surface area contributed by atoms with E-state index < -0.39 is 21.7 Å². The van der Waals surface area contributed by atoms with Crippen molar-refractivity contribution in [3.05, 3.63) is 34.6 Å². The van der Waals surface area contributed by atoms with Crippen molar-refractivity contribution in [2.75, 3.05) is 12.0 Å². The first-order valence-electron chi connectivity index (χ1n) is 4.68. The molecule has 0 saturated carbocycles. The van der Waals surface area contributed by atoms with Crippen LogP contribution in [-0.2, 0) is 9.84 Å². The van der Waals surface area contributed by atoms with Crippen LogP contribution in [0.1, 0.15) is 18.0 Å². The van der Waals surface area contributed by atoms with E-state index in [2.05, 4.69) is 0 Å². The van der Waals surface area contributed by atoms with Gasteiger partial charge in [0, 0.05) is 12.3 Å². The summed E-state index contributed by atoms with van der Waals surface area (Å²) in [6.45, 7) is 0. The highest BCUT2D eigenvalue weighted by molar-refractivity contribution is 7.90. The molecule has 0 bridgehead atoms. The fourth-order valence-electron chi connectivity index (χ4n) is 1.30. The van der Waals surface area contributed by atoms with E-state index in [0.717, 1.165) is 6.26 Å². The maximum Gasteiger partial charge on any atom is 0.147 e. The summed E-state index contributed by atoms with van der Waals surface area (Å²) >= 11 is 5.73. The molecule has 0 amide bonds. The molecule has 1 aromatic carbocycles. The molecule has 1 aromatic rings. The molecule has 1 unspecified atom stereocenters. The number of rotatable bonds is 4. The minimum absolute atomic E-state index is 0.0384. The number of hydrogen-bond donors (Lipinski definition) is 1. The third-order valence-corrected chi connectivity index (χ3v) is 3.56. The summed E-state index contributed by atoms with van der Waals surface area (Å²) < 4.78 is 35.0. The lowest BCUT2D eigenvalue weighted by molar-refractivity contribution is 0.590. The summed E-state index contributed by atoms with van der Waals surface area (Å²) in [7, 11) is -3.07. The number of nitrogens with two attached hydrogens (primary N) is 1. The lowest BCUT2D eigenvalue weighted by atomic mass is 10.1. The standard InChI is InChI=1S/C10H13ClFNO2S/c1-16(14,15)6-5-9(13)7-3-2-4-8(12)10(7)11/h2-4,9H,5-6,13H2,1H3. The largest absolute Gasteiger partial charge is 0.324 e. The third-order valence-electron chi connectivity index (χ3n) is 2.18. The molecule has 0 spiro atoms. The van der Waals surface area contributed by atoms with Crippen LogP contribution in [0, 0.1) is 5.82 Å². The Kier molecular flexibility index (Phi) is 4.29. The summed E-state index contributed by atoms with van der Waals surface area (Å²) in [4.78, 5) is 0. The third kappa shape index (κ3) is 3.73. The zero-order valence-electron chi connectivity index (χ0n) is 8.78. The molecule has 2 N–H and O–H groups in total. The van der Waals surface area contributed by atoms with Crippen LogP contribution in [0.2, 0.25) is 5.02 Å². The van der Waals surface area contributed by atoms with E-state index in [0.29, 0.717) is 5.56 Å². The van der Waals surface area contributed by atoms with Gasteiger partial charge in [0.1, 0.15) is 15.7 Å². The fourth-order valence-corrected chi connectivity index (χ4v) is 2.25. The Labute approximate surface area is 99.3 Å². The summed E-state index contributed by atoms with van der Waals surface area (Å²) in [6, 6.07) is 3.75. The van der Waals surface area contributed by atoms with Gasteiger partial charge in [-0.15, -0.1) is 0 Å². The highest BCUT2D eigenvalue weighted by Gasteiger charge is 2.15. The fraction of sp³-hybridized carbons (Fsp3) is 0.400. The zero-order chi connectivity index (χ0) is 12.3. The maximum absolute atomic E-state index is 13.1. The SMILES string of the molecule is CS(=O)(=O)CCC(N)c1cccc(F)c1Cl. The lowest BCUT2D eigenvalue weighted by Crippen LogP contribution is -2.16. The van der Waals surface area contributed by atoms with Crippen molar-refractivity contribution in [3.8, 4) is 0 Å². The monoisotopic (exact) mass is 265 g/mol. The smallest absolute Gasteiger partial charge is 0.147 e. The molecule has 0 aromatic heterocycles. The molecule has 0 aliphatic carbocycles. The molecule has 0 radical (unpaired) electrons. The van der Waals surface area contributed by atoms with E-state index in [-0.39, 0.29) is 17.2 Å². The van der Waals surface area contributed by atoms with Crippen LogP contribution in [0.5, 0.6) is 0 Å². The molecular weight excluding hydrogens is 253 g/mol. The number of sulfone groups is 1. The van der Waals surface area contributed by atoms with Crippen molar-refractivity contribution in [2.24, 2.45) is 5.73 Å². The van der Waals surface area contributed by atoms with Crippen LogP contribution in [-0.4, -0.2) is 20.4 Å². The molecule has 3 nitrogen and oxygen atoms in total. The number of halogens is 2. The second kappa shape index (κ2) is 5.12. The van der Waals surface area contributed by atoms with Gasteiger partial charge in [-0.25, -0.2) is 12.8 Å². The van der Waals surface area contributed by atoms with Crippen molar-refractivity contribution in [1.29, 1.82) is 0 Å². The van der Waals surface area contributed by atoms with E-state index in [1.54, 1.807) is 6.07 Å². The van der Waals surface area contributed by atoms with Gasteiger partial charge in [-0.1, -0.05) is 23.7 Å². The van der Waals surface area contributed by atoms with Gasteiger partial charge >= 0.3 is 0 Å². The van der Waals surface area contributed by atoms with E-state index in [1.807, 2.05) is 0 Å². The predicted octanol–water partition coefficient (Wildman–Crippen LogP) is 1.91. The van der Waals surface area contributed by atoms with E-state index in [4.69, 9.17) is 17.3 Å². The first kappa shape index (κ1) is 13.4. The van der Waals surface area contributed by atoms with Gasteiger partial charge < -0.3 is 5.73 Å². The van der Waals surface area contributed by atoms with Crippen LogP contribution in [0.15, 0.2) is 18.2 Å². The molecule has 1 atom stereocenters. The topological polar surface area (TPSA) is 60.2 Å². The number of hydrogen-bond acceptors (Lipinski definition) is 3. The van der Waals surface area contributed by atoms with Crippen molar-refractivity contribution >= 4 is 21.4 Å². The van der Waals surface area contributed by atoms with Crippen molar-refractivity contribution in [2.45, 2.75) is 12.5 Å². The molecule has 16 heavy (non-hydrogen) atoms. The Morgan fingerprint density at radius 3 is 2.69 bits per heavy atom. The second-order valence-electron chi connectivity index (χ2n) is 3.67. The molecule has 0 heterocycles. The Morgan fingerprint density at radius 1 is 1.50 bits per heavy atom. The minimum atomic E-state index is -3.07. The van der Waals surface area contributed by atoms with Crippen LogP contribution in [0.4, 0.5) is 4.39 Å².